The van der Waals surface area contributed by atoms with Gasteiger partial charge in [0.05, 0.1) is 0 Å². The summed E-state index contributed by atoms with van der Waals surface area (Å²) >= 11 is 0. The summed E-state index contributed by atoms with van der Waals surface area (Å²) in [5.74, 6) is -0.588. The first kappa shape index (κ1) is 17.2. The van der Waals surface area contributed by atoms with E-state index >= 15 is 0 Å². The van der Waals surface area contributed by atoms with Gasteiger partial charge in [-0.1, -0.05) is 30.3 Å². The second kappa shape index (κ2) is 6.83. The molecule has 0 radical (unpaired) electrons. The maximum Gasteiger partial charge on any atom is 0.285 e. The van der Waals surface area contributed by atoms with Crippen LogP contribution >= 0.6 is 0 Å². The second-order valence-electron chi connectivity index (χ2n) is 6.93. The van der Waals surface area contributed by atoms with Gasteiger partial charge in [0.25, 0.3) is 11.5 Å². The lowest BCUT2D eigenvalue weighted by atomic mass is 9.90. The number of carbonyl (C=O) groups excluding carboxylic acids is 2. The van der Waals surface area contributed by atoms with Crippen LogP contribution in [0, 0.1) is 12.8 Å². The molecule has 1 amide bonds. The van der Waals surface area contributed by atoms with Crippen molar-refractivity contribution in [2.24, 2.45) is 5.92 Å². The number of carbonyl (C=O) groups is 2. The SMILES string of the molecule is Cc1cc2ncc(C(=O)N3CCC[C@H](C(=O)c4ccccc4)C3)c(=O)n2[nH]1. The molecule has 1 aromatic carbocycles. The number of aromatic nitrogens is 3. The van der Waals surface area contributed by atoms with Crippen LogP contribution in [-0.4, -0.2) is 44.3 Å². The lowest BCUT2D eigenvalue weighted by Gasteiger charge is -2.31. The average molecular weight is 364 g/mol. The number of fused-ring (bicyclic) bond motifs is 1. The molecule has 0 aliphatic carbocycles. The summed E-state index contributed by atoms with van der Waals surface area (Å²) in [4.78, 5) is 44.1. The van der Waals surface area contributed by atoms with Crippen molar-refractivity contribution in [3.05, 3.63) is 69.8 Å². The Bertz CT molecular complexity index is 1070. The van der Waals surface area contributed by atoms with Gasteiger partial charge in [0.2, 0.25) is 0 Å². The predicted molar refractivity (Wildman–Crippen MR) is 99.9 cm³/mol. The highest BCUT2D eigenvalue weighted by Gasteiger charge is 2.30. The number of nitrogens with one attached hydrogen (secondary N) is 1. The van der Waals surface area contributed by atoms with E-state index in [0.717, 1.165) is 18.5 Å². The number of H-pyrrole nitrogens is 1. The van der Waals surface area contributed by atoms with E-state index in [1.807, 2.05) is 25.1 Å². The highest BCUT2D eigenvalue weighted by atomic mass is 16.2. The first-order valence-electron chi connectivity index (χ1n) is 9.00. The van der Waals surface area contributed by atoms with Crippen LogP contribution in [0.4, 0.5) is 0 Å². The minimum atomic E-state index is -0.422. The van der Waals surface area contributed by atoms with Crippen molar-refractivity contribution in [1.82, 2.24) is 19.5 Å². The number of likely N-dealkylation sites (tertiary alicyclic amines) is 1. The summed E-state index contributed by atoms with van der Waals surface area (Å²) in [5.41, 5.74) is 1.51. The van der Waals surface area contributed by atoms with Gasteiger partial charge in [0.1, 0.15) is 5.56 Å². The lowest BCUT2D eigenvalue weighted by Crippen LogP contribution is -2.44. The van der Waals surface area contributed by atoms with Gasteiger partial charge in [0.15, 0.2) is 11.4 Å². The van der Waals surface area contributed by atoms with Gasteiger partial charge < -0.3 is 4.90 Å². The number of aromatic amines is 1. The molecule has 0 bridgehead atoms. The van der Waals surface area contributed by atoms with E-state index in [-0.39, 0.29) is 23.2 Å². The number of piperidine rings is 1. The Balaban J connectivity index is 1.58. The molecule has 1 saturated heterocycles. The highest BCUT2D eigenvalue weighted by Crippen LogP contribution is 2.22. The molecule has 1 N–H and O–H groups in total. The van der Waals surface area contributed by atoms with Crippen molar-refractivity contribution in [3.63, 3.8) is 0 Å². The second-order valence-corrected chi connectivity index (χ2v) is 6.93. The van der Waals surface area contributed by atoms with Crippen LogP contribution in [0.25, 0.3) is 5.65 Å². The third kappa shape index (κ3) is 3.16. The molecule has 27 heavy (non-hydrogen) atoms. The molecule has 1 aliphatic heterocycles. The van der Waals surface area contributed by atoms with Crippen molar-refractivity contribution < 1.29 is 9.59 Å². The Morgan fingerprint density at radius 1 is 1.22 bits per heavy atom. The molecule has 1 atom stereocenters. The number of benzene rings is 1. The zero-order valence-electron chi connectivity index (χ0n) is 15.0. The largest absolute Gasteiger partial charge is 0.338 e. The molecule has 7 heteroatoms. The van der Waals surface area contributed by atoms with Crippen LogP contribution in [0.1, 0.15) is 39.3 Å². The predicted octanol–water partition coefficient (Wildman–Crippen LogP) is 2.07. The van der Waals surface area contributed by atoms with Gasteiger partial charge >= 0.3 is 0 Å². The van der Waals surface area contributed by atoms with Crippen LogP contribution in [0.15, 0.2) is 47.4 Å². The fraction of sp³-hybridized carbons (Fsp3) is 0.300. The van der Waals surface area contributed by atoms with Gasteiger partial charge in [-0.3, -0.25) is 19.5 Å². The third-order valence-corrected chi connectivity index (χ3v) is 4.99. The fourth-order valence-electron chi connectivity index (χ4n) is 3.61. The van der Waals surface area contributed by atoms with E-state index in [0.29, 0.717) is 24.3 Å². The summed E-state index contributed by atoms with van der Waals surface area (Å²) in [6.07, 6.45) is 2.80. The molecule has 3 aromatic rings. The molecule has 138 valence electrons. The highest BCUT2D eigenvalue weighted by molar-refractivity contribution is 5.99. The monoisotopic (exact) mass is 364 g/mol. The maximum absolute atomic E-state index is 12.9. The van der Waals surface area contributed by atoms with Crippen LogP contribution in [0.5, 0.6) is 0 Å². The first-order chi connectivity index (χ1) is 13.0. The van der Waals surface area contributed by atoms with E-state index < -0.39 is 5.56 Å². The smallest absolute Gasteiger partial charge is 0.285 e. The van der Waals surface area contributed by atoms with Crippen LogP contribution in [0.3, 0.4) is 0 Å². The van der Waals surface area contributed by atoms with Crippen LogP contribution < -0.4 is 5.56 Å². The van der Waals surface area contributed by atoms with Gasteiger partial charge in [0, 0.05) is 42.5 Å². The third-order valence-electron chi connectivity index (χ3n) is 4.99. The van der Waals surface area contributed by atoms with Gasteiger partial charge in [-0.25, -0.2) is 9.50 Å². The Morgan fingerprint density at radius 3 is 2.78 bits per heavy atom. The molecule has 0 saturated carbocycles. The van der Waals surface area contributed by atoms with Crippen LogP contribution in [-0.2, 0) is 0 Å². The summed E-state index contributed by atoms with van der Waals surface area (Å²) in [6.45, 7) is 2.67. The van der Waals surface area contributed by atoms with E-state index in [1.54, 1.807) is 23.1 Å². The zero-order chi connectivity index (χ0) is 19.0. The molecule has 1 fully saturated rings. The Kier molecular flexibility index (Phi) is 4.35. The Morgan fingerprint density at radius 2 is 2.00 bits per heavy atom. The zero-order valence-corrected chi connectivity index (χ0v) is 15.0. The van der Waals surface area contributed by atoms with E-state index in [4.69, 9.17) is 0 Å². The number of aryl methyl sites for hydroxylation is 1. The molecule has 7 nitrogen and oxygen atoms in total. The lowest BCUT2D eigenvalue weighted by molar-refractivity contribution is 0.0635. The molecular weight excluding hydrogens is 344 g/mol. The summed E-state index contributed by atoms with van der Waals surface area (Å²) in [7, 11) is 0. The number of Topliss-reactive ketones (excluding diaryl/α,β-unsaturated/α-hetero) is 1. The number of hydrogen-bond donors (Lipinski definition) is 1. The van der Waals surface area contributed by atoms with E-state index in [1.165, 1.54) is 10.7 Å². The summed E-state index contributed by atoms with van der Waals surface area (Å²) < 4.78 is 1.28. The molecule has 0 unspecified atom stereocenters. The molecule has 3 heterocycles. The summed E-state index contributed by atoms with van der Waals surface area (Å²) in [5, 5.41) is 2.89. The van der Waals surface area contributed by atoms with E-state index in [9.17, 15) is 14.4 Å². The van der Waals surface area contributed by atoms with Gasteiger partial charge in [-0.05, 0) is 19.8 Å². The van der Waals surface area contributed by atoms with Gasteiger partial charge in [-0.15, -0.1) is 0 Å². The van der Waals surface area contributed by atoms with Crippen molar-refractivity contribution >= 4 is 17.3 Å². The van der Waals surface area contributed by atoms with Crippen LogP contribution in [0.2, 0.25) is 0 Å². The quantitative estimate of drug-likeness (QED) is 0.721. The minimum absolute atomic E-state index is 0.0159. The normalized spacial score (nSPS) is 17.2. The number of hydrogen-bond acceptors (Lipinski definition) is 4. The van der Waals surface area contributed by atoms with Crippen molar-refractivity contribution in [2.75, 3.05) is 13.1 Å². The standard InChI is InChI=1S/C20H20N4O3/c1-13-10-17-21-11-16(20(27)24(17)22-13)19(26)23-9-5-8-15(12-23)18(25)14-6-3-2-4-7-14/h2-4,6-7,10-11,15,22H,5,8-9,12H2,1H3/t15-/m0/s1. The van der Waals surface area contributed by atoms with Gasteiger partial charge in [-0.2, -0.15) is 0 Å². The first-order valence-corrected chi connectivity index (χ1v) is 9.00. The number of nitrogens with zero attached hydrogens (tertiary/aromatic N) is 3. The number of ketones is 1. The molecule has 0 spiro atoms. The molecular formula is C20H20N4O3. The Labute approximate surface area is 155 Å². The molecule has 4 rings (SSSR count). The summed E-state index contributed by atoms with van der Waals surface area (Å²) in [6, 6.07) is 10.9. The minimum Gasteiger partial charge on any atom is -0.338 e. The van der Waals surface area contributed by atoms with Crippen molar-refractivity contribution in [3.8, 4) is 0 Å². The topological polar surface area (TPSA) is 87.5 Å². The average Bonchev–Trinajstić information content (AvgIpc) is 3.09. The molecule has 1 aliphatic rings. The fourth-order valence-corrected chi connectivity index (χ4v) is 3.61. The van der Waals surface area contributed by atoms with E-state index in [2.05, 4.69) is 10.1 Å². The molecule has 2 aromatic heterocycles. The number of rotatable bonds is 3. The van der Waals surface area contributed by atoms with Crippen molar-refractivity contribution in [2.45, 2.75) is 19.8 Å². The Hall–Kier alpha value is -3.22. The number of amides is 1. The van der Waals surface area contributed by atoms with Crippen molar-refractivity contribution in [1.29, 1.82) is 0 Å². The maximum atomic E-state index is 12.9.